The number of aromatic hydroxyl groups is 1. The Hall–Kier alpha value is -2.15. The first-order valence-corrected chi connectivity index (χ1v) is 8.26. The van der Waals surface area contributed by atoms with Crippen molar-refractivity contribution in [2.24, 2.45) is 10.9 Å². The van der Waals surface area contributed by atoms with Crippen LogP contribution in [0.4, 0.5) is 0 Å². The summed E-state index contributed by atoms with van der Waals surface area (Å²) in [6.07, 6.45) is -0.223. The molecule has 2 N–H and O–H groups in total. The van der Waals surface area contributed by atoms with Crippen molar-refractivity contribution in [3.63, 3.8) is 0 Å². The van der Waals surface area contributed by atoms with Gasteiger partial charge in [0.25, 0.3) is 0 Å². The Bertz CT molecular complexity index is 673. The molecule has 1 heterocycles. The van der Waals surface area contributed by atoms with Gasteiger partial charge in [-0.3, -0.25) is 4.79 Å². The fraction of sp³-hybridized carbons (Fsp3) is 0.471. The third-order valence-corrected chi connectivity index (χ3v) is 3.80. The second-order valence-electron chi connectivity index (χ2n) is 5.80. The molecule has 0 bridgehead atoms. The van der Waals surface area contributed by atoms with Gasteiger partial charge in [0, 0.05) is 5.71 Å². The Labute approximate surface area is 146 Å². The molecule has 1 aliphatic rings. The standard InChI is InChI=1S/C17H22N2O4S/c1-5-22-13-8-11(6-7-12(13)20)15-14(16(21)23-9(2)3)10(4)18-17(24)19-15/h6-9,14-15,20H,5H2,1-4H3,(H,19,24). The third kappa shape index (κ3) is 4.03. The number of hydrogen-bond donors (Lipinski definition) is 2. The van der Waals surface area contributed by atoms with E-state index in [0.717, 1.165) is 5.56 Å². The Morgan fingerprint density at radius 3 is 2.79 bits per heavy atom. The molecule has 0 saturated carbocycles. The Balaban J connectivity index is 2.41. The van der Waals surface area contributed by atoms with Crippen LogP contribution in [-0.2, 0) is 9.53 Å². The molecule has 1 aliphatic heterocycles. The minimum Gasteiger partial charge on any atom is -0.504 e. The highest BCUT2D eigenvalue weighted by molar-refractivity contribution is 7.80. The van der Waals surface area contributed by atoms with E-state index in [4.69, 9.17) is 21.7 Å². The SMILES string of the molecule is CCOc1cc(C2NC(=S)N=C(C)C2C(=O)OC(C)C)ccc1O. The van der Waals surface area contributed by atoms with Crippen molar-refractivity contribution in [3.05, 3.63) is 23.8 Å². The summed E-state index contributed by atoms with van der Waals surface area (Å²) in [7, 11) is 0. The van der Waals surface area contributed by atoms with Crippen molar-refractivity contribution >= 4 is 29.0 Å². The summed E-state index contributed by atoms with van der Waals surface area (Å²) in [5, 5.41) is 13.3. The predicted octanol–water partition coefficient (Wildman–Crippen LogP) is 2.75. The van der Waals surface area contributed by atoms with Crippen molar-refractivity contribution in [2.75, 3.05) is 6.61 Å². The number of benzene rings is 1. The maximum absolute atomic E-state index is 12.5. The molecule has 0 aliphatic carbocycles. The average molecular weight is 350 g/mol. The van der Waals surface area contributed by atoms with Crippen LogP contribution in [-0.4, -0.2) is 34.6 Å². The molecule has 7 heteroatoms. The molecule has 0 fully saturated rings. The Morgan fingerprint density at radius 2 is 2.17 bits per heavy atom. The number of esters is 1. The number of ether oxygens (including phenoxy) is 2. The maximum atomic E-state index is 12.5. The second-order valence-corrected chi connectivity index (χ2v) is 6.19. The minimum atomic E-state index is -0.599. The van der Waals surface area contributed by atoms with Gasteiger partial charge in [-0.25, -0.2) is 4.99 Å². The molecule has 2 atom stereocenters. The molecule has 130 valence electrons. The second kappa shape index (κ2) is 7.61. The van der Waals surface area contributed by atoms with Gasteiger partial charge in [0.15, 0.2) is 16.6 Å². The number of thiocarbonyl (C=S) groups is 1. The highest BCUT2D eigenvalue weighted by Crippen LogP contribution is 2.34. The molecule has 2 unspecified atom stereocenters. The average Bonchev–Trinajstić information content (AvgIpc) is 2.48. The van der Waals surface area contributed by atoms with Gasteiger partial charge >= 0.3 is 5.97 Å². The summed E-state index contributed by atoms with van der Waals surface area (Å²) < 4.78 is 10.8. The molecule has 24 heavy (non-hydrogen) atoms. The van der Waals surface area contributed by atoms with E-state index in [2.05, 4.69) is 10.3 Å². The number of nitrogens with zero attached hydrogens (tertiary/aromatic N) is 1. The van der Waals surface area contributed by atoms with Crippen LogP contribution in [0.3, 0.4) is 0 Å². The summed E-state index contributed by atoms with van der Waals surface area (Å²) in [6, 6.07) is 4.54. The maximum Gasteiger partial charge on any atom is 0.317 e. The molecule has 2 rings (SSSR count). The zero-order valence-corrected chi connectivity index (χ0v) is 15.0. The number of rotatable bonds is 5. The van der Waals surface area contributed by atoms with E-state index in [1.165, 1.54) is 6.07 Å². The van der Waals surface area contributed by atoms with Crippen molar-refractivity contribution in [1.29, 1.82) is 0 Å². The van der Waals surface area contributed by atoms with Crippen LogP contribution in [0, 0.1) is 5.92 Å². The summed E-state index contributed by atoms with van der Waals surface area (Å²) in [6.45, 7) is 7.62. The first-order chi connectivity index (χ1) is 11.3. The zero-order valence-electron chi connectivity index (χ0n) is 14.2. The van der Waals surface area contributed by atoms with Crippen LogP contribution in [0.2, 0.25) is 0 Å². The van der Waals surface area contributed by atoms with E-state index in [0.29, 0.717) is 23.2 Å². The van der Waals surface area contributed by atoms with E-state index in [9.17, 15) is 9.90 Å². The lowest BCUT2D eigenvalue weighted by Gasteiger charge is -2.31. The molecule has 0 saturated heterocycles. The fourth-order valence-corrected chi connectivity index (χ4v) is 2.87. The van der Waals surface area contributed by atoms with E-state index >= 15 is 0 Å². The topological polar surface area (TPSA) is 80.2 Å². The summed E-state index contributed by atoms with van der Waals surface area (Å²) in [4.78, 5) is 16.7. The number of nitrogens with one attached hydrogen (secondary N) is 1. The molecule has 0 spiro atoms. The zero-order chi connectivity index (χ0) is 17.9. The van der Waals surface area contributed by atoms with Gasteiger partial charge in [-0.1, -0.05) is 6.07 Å². The van der Waals surface area contributed by atoms with E-state index in [1.54, 1.807) is 32.9 Å². The first kappa shape index (κ1) is 18.2. The summed E-state index contributed by atoms with van der Waals surface area (Å²) in [5.41, 5.74) is 1.36. The van der Waals surface area contributed by atoms with Crippen LogP contribution in [0.25, 0.3) is 0 Å². The number of phenolic OH excluding ortho intramolecular Hbond substituents is 1. The predicted molar refractivity (Wildman–Crippen MR) is 95.6 cm³/mol. The normalized spacial score (nSPS) is 20.4. The minimum absolute atomic E-state index is 0.0469. The third-order valence-electron chi connectivity index (χ3n) is 3.59. The Morgan fingerprint density at radius 1 is 1.46 bits per heavy atom. The molecule has 0 radical (unpaired) electrons. The van der Waals surface area contributed by atoms with Crippen LogP contribution < -0.4 is 10.1 Å². The summed E-state index contributed by atoms with van der Waals surface area (Å²) >= 11 is 5.17. The lowest BCUT2D eigenvalue weighted by atomic mass is 9.88. The highest BCUT2D eigenvalue weighted by Gasteiger charge is 2.37. The van der Waals surface area contributed by atoms with Crippen molar-refractivity contribution < 1.29 is 19.4 Å². The van der Waals surface area contributed by atoms with E-state index in [1.807, 2.05) is 6.92 Å². The number of hydrogen-bond acceptors (Lipinski definition) is 5. The molecule has 0 amide bonds. The van der Waals surface area contributed by atoms with Crippen LogP contribution in [0.5, 0.6) is 11.5 Å². The van der Waals surface area contributed by atoms with Gasteiger partial charge in [-0.2, -0.15) is 0 Å². The molecule has 6 nitrogen and oxygen atoms in total. The number of carbonyl (C=O) groups excluding carboxylic acids is 1. The Kier molecular flexibility index (Phi) is 5.77. The van der Waals surface area contributed by atoms with Gasteiger partial charge in [0.2, 0.25) is 0 Å². The van der Waals surface area contributed by atoms with Crippen molar-refractivity contribution in [1.82, 2.24) is 5.32 Å². The molecule has 1 aromatic rings. The smallest absolute Gasteiger partial charge is 0.317 e. The molecular weight excluding hydrogens is 328 g/mol. The number of carbonyl (C=O) groups is 1. The van der Waals surface area contributed by atoms with Gasteiger partial charge < -0.3 is 19.9 Å². The number of aliphatic imine (C=N–C) groups is 1. The van der Waals surface area contributed by atoms with Gasteiger partial charge in [0.05, 0.1) is 18.8 Å². The van der Waals surface area contributed by atoms with E-state index in [-0.39, 0.29) is 17.8 Å². The lowest BCUT2D eigenvalue weighted by molar-refractivity contribution is -0.150. The summed E-state index contributed by atoms with van der Waals surface area (Å²) in [5.74, 6) is -0.556. The van der Waals surface area contributed by atoms with Gasteiger partial charge in [-0.05, 0) is 57.6 Å². The fourth-order valence-electron chi connectivity index (χ4n) is 2.60. The van der Waals surface area contributed by atoms with Gasteiger partial charge in [0.1, 0.15) is 5.92 Å². The van der Waals surface area contributed by atoms with Crippen LogP contribution in [0.15, 0.2) is 23.2 Å². The van der Waals surface area contributed by atoms with Crippen LogP contribution >= 0.6 is 12.2 Å². The molecular formula is C17H22N2O4S. The van der Waals surface area contributed by atoms with Crippen molar-refractivity contribution in [2.45, 2.75) is 39.8 Å². The van der Waals surface area contributed by atoms with Crippen LogP contribution in [0.1, 0.15) is 39.3 Å². The lowest BCUT2D eigenvalue weighted by Crippen LogP contribution is -2.44. The monoisotopic (exact) mass is 350 g/mol. The molecule has 0 aromatic heterocycles. The number of phenols is 1. The largest absolute Gasteiger partial charge is 0.504 e. The first-order valence-electron chi connectivity index (χ1n) is 7.85. The molecule has 1 aromatic carbocycles. The quantitative estimate of drug-likeness (QED) is 0.628. The van der Waals surface area contributed by atoms with Crippen molar-refractivity contribution in [3.8, 4) is 11.5 Å². The van der Waals surface area contributed by atoms with E-state index < -0.39 is 12.0 Å². The highest BCUT2D eigenvalue weighted by atomic mass is 32.1. The van der Waals surface area contributed by atoms with Gasteiger partial charge in [-0.15, -0.1) is 0 Å².